The van der Waals surface area contributed by atoms with Gasteiger partial charge < -0.3 is 20.8 Å². The van der Waals surface area contributed by atoms with Gasteiger partial charge in [-0.2, -0.15) is 0 Å². The number of allylic oxidation sites excluding steroid dienone is 1. The predicted molar refractivity (Wildman–Crippen MR) is 156 cm³/mol. The molecule has 0 aliphatic heterocycles. The van der Waals surface area contributed by atoms with Gasteiger partial charge in [0.05, 0.1) is 6.61 Å². The number of unbranched alkanes of at least 4 members (excludes halogenated alkanes) is 3. The van der Waals surface area contributed by atoms with Gasteiger partial charge in [0, 0.05) is 36.5 Å². The molecule has 1 heterocycles. The lowest BCUT2D eigenvalue weighted by molar-refractivity contribution is -0.137. The number of aliphatic hydroxyl groups is 1. The summed E-state index contributed by atoms with van der Waals surface area (Å²) >= 11 is 0. The highest BCUT2D eigenvalue weighted by Crippen LogP contribution is 2.27. The molecule has 0 spiro atoms. The van der Waals surface area contributed by atoms with E-state index in [0.717, 1.165) is 41.9 Å². The van der Waals surface area contributed by atoms with E-state index in [0.29, 0.717) is 24.9 Å². The smallest absolute Gasteiger partial charge is 0.303 e. The molecule has 0 saturated heterocycles. The summed E-state index contributed by atoms with van der Waals surface area (Å²) in [6.07, 6.45) is 17.6. The van der Waals surface area contributed by atoms with Gasteiger partial charge in [-0.05, 0) is 60.9 Å². The third kappa shape index (κ3) is 10.6. The fraction of sp³-hybridized carbons (Fsp3) is 0.500. The molecule has 0 bridgehead atoms. The number of pyridine rings is 1. The van der Waals surface area contributed by atoms with Gasteiger partial charge >= 0.3 is 5.97 Å². The Morgan fingerprint density at radius 3 is 2.38 bits per heavy atom. The number of nitrogens with one attached hydrogen (secondary N) is 2. The predicted octanol–water partition coefficient (Wildman–Crippen LogP) is 5.12. The Morgan fingerprint density at radius 2 is 1.70 bits per heavy atom. The van der Waals surface area contributed by atoms with E-state index in [-0.39, 0.29) is 12.3 Å². The molecule has 2 amide bonds. The van der Waals surface area contributed by atoms with Crippen LogP contribution in [0.3, 0.4) is 0 Å². The van der Waals surface area contributed by atoms with E-state index in [1.54, 1.807) is 24.5 Å². The average molecular weight is 550 g/mol. The Labute approximate surface area is 237 Å². The Balaban J connectivity index is 1.52. The molecular weight excluding hydrogens is 506 g/mol. The van der Waals surface area contributed by atoms with Gasteiger partial charge in [0.15, 0.2) is 0 Å². The van der Waals surface area contributed by atoms with E-state index < -0.39 is 24.5 Å². The highest BCUT2D eigenvalue weighted by Gasteiger charge is 2.20. The van der Waals surface area contributed by atoms with Crippen LogP contribution in [0.25, 0.3) is 5.57 Å². The van der Waals surface area contributed by atoms with Gasteiger partial charge in [0.1, 0.15) is 6.04 Å². The summed E-state index contributed by atoms with van der Waals surface area (Å²) in [6.45, 7) is 0.0554. The summed E-state index contributed by atoms with van der Waals surface area (Å²) in [6, 6.07) is 9.86. The molecule has 1 fully saturated rings. The standard InChI is InChI=1S/C32H43N3O5/c36-23-29(32(40)34-21-8-7-12-24-10-3-1-4-11-24)35-31(39)26-18-16-25(17-19-26)28(27-13-9-20-33-22-27)14-5-2-6-15-30(37)38/h9,13-14,16-20,22,24,29,36H,1-8,10-12,15,21,23H2,(H,34,40)(H,35,39)(H,37,38)/t29-/m0/s1. The van der Waals surface area contributed by atoms with Crippen LogP contribution in [0, 0.1) is 5.92 Å². The molecule has 1 atom stereocenters. The minimum Gasteiger partial charge on any atom is -0.481 e. The number of amides is 2. The largest absolute Gasteiger partial charge is 0.481 e. The van der Waals surface area contributed by atoms with Crippen LogP contribution in [0.5, 0.6) is 0 Å². The van der Waals surface area contributed by atoms with Crippen molar-refractivity contribution in [2.45, 2.75) is 83.1 Å². The Hall–Kier alpha value is -3.52. The molecule has 0 radical (unpaired) electrons. The minimum absolute atomic E-state index is 0.146. The first kappa shape index (κ1) is 31.0. The molecule has 1 aliphatic carbocycles. The first-order valence-electron chi connectivity index (χ1n) is 14.6. The number of carbonyl (C=O) groups is 3. The topological polar surface area (TPSA) is 129 Å². The van der Waals surface area contributed by atoms with Gasteiger partial charge in [-0.25, -0.2) is 0 Å². The van der Waals surface area contributed by atoms with Gasteiger partial charge in [0.2, 0.25) is 5.91 Å². The Morgan fingerprint density at radius 1 is 0.950 bits per heavy atom. The van der Waals surface area contributed by atoms with E-state index in [1.165, 1.54) is 38.5 Å². The normalized spacial score (nSPS) is 14.9. The molecule has 1 saturated carbocycles. The number of rotatable bonds is 16. The molecular formula is C32H43N3O5. The first-order chi connectivity index (χ1) is 19.5. The zero-order valence-corrected chi connectivity index (χ0v) is 23.3. The second kappa shape index (κ2) is 17.2. The summed E-state index contributed by atoms with van der Waals surface area (Å²) < 4.78 is 0. The minimum atomic E-state index is -1.01. The number of hydrogen-bond donors (Lipinski definition) is 4. The summed E-state index contributed by atoms with van der Waals surface area (Å²) in [7, 11) is 0. The van der Waals surface area contributed by atoms with Gasteiger partial charge in [0.25, 0.3) is 5.91 Å². The third-order valence-electron chi connectivity index (χ3n) is 7.49. The molecule has 4 N–H and O–H groups in total. The van der Waals surface area contributed by atoms with Gasteiger partial charge in [-0.1, -0.05) is 69.2 Å². The van der Waals surface area contributed by atoms with Crippen LogP contribution in [0.4, 0.5) is 0 Å². The van der Waals surface area contributed by atoms with Crippen molar-refractivity contribution in [1.82, 2.24) is 15.6 Å². The monoisotopic (exact) mass is 549 g/mol. The number of carboxylic acids is 1. The second-order valence-electron chi connectivity index (χ2n) is 10.6. The van der Waals surface area contributed by atoms with Crippen molar-refractivity contribution in [2.24, 2.45) is 5.92 Å². The molecule has 8 heteroatoms. The number of aromatic nitrogens is 1. The Bertz CT molecular complexity index is 1100. The molecule has 2 aromatic rings. The van der Waals surface area contributed by atoms with Crippen LogP contribution in [-0.2, 0) is 9.59 Å². The Kier molecular flexibility index (Phi) is 13.4. The first-order valence-corrected chi connectivity index (χ1v) is 14.6. The highest BCUT2D eigenvalue weighted by molar-refractivity contribution is 5.98. The van der Waals surface area contributed by atoms with E-state index in [4.69, 9.17) is 5.11 Å². The van der Waals surface area contributed by atoms with E-state index in [2.05, 4.69) is 21.7 Å². The third-order valence-corrected chi connectivity index (χ3v) is 7.49. The number of nitrogens with zero attached hydrogens (tertiary/aromatic N) is 1. The number of aliphatic carboxylic acids is 1. The van der Waals surface area contributed by atoms with Crippen molar-refractivity contribution in [3.05, 3.63) is 71.6 Å². The van der Waals surface area contributed by atoms with Crippen LogP contribution >= 0.6 is 0 Å². The fourth-order valence-electron chi connectivity index (χ4n) is 5.20. The van der Waals surface area contributed by atoms with Crippen molar-refractivity contribution >= 4 is 23.4 Å². The summed E-state index contributed by atoms with van der Waals surface area (Å²) in [5, 5.41) is 24.1. The molecule has 1 aromatic heterocycles. The lowest BCUT2D eigenvalue weighted by Gasteiger charge is -2.21. The zero-order valence-electron chi connectivity index (χ0n) is 23.3. The molecule has 1 aromatic carbocycles. The summed E-state index contributed by atoms with van der Waals surface area (Å²) in [4.78, 5) is 40.4. The molecule has 8 nitrogen and oxygen atoms in total. The summed E-state index contributed by atoms with van der Waals surface area (Å²) in [5.74, 6) is -0.787. The molecule has 0 unspecified atom stereocenters. The lowest BCUT2D eigenvalue weighted by Crippen LogP contribution is -2.49. The highest BCUT2D eigenvalue weighted by atomic mass is 16.4. The van der Waals surface area contributed by atoms with E-state index in [1.807, 2.05) is 24.3 Å². The number of benzene rings is 1. The number of aliphatic hydroxyl groups excluding tert-OH is 1. The number of hydrogen-bond acceptors (Lipinski definition) is 5. The maximum absolute atomic E-state index is 12.8. The van der Waals surface area contributed by atoms with Crippen LogP contribution < -0.4 is 10.6 Å². The summed E-state index contributed by atoms with van der Waals surface area (Å²) in [5.41, 5.74) is 3.15. The van der Waals surface area contributed by atoms with Crippen molar-refractivity contribution in [3.8, 4) is 0 Å². The van der Waals surface area contributed by atoms with Crippen molar-refractivity contribution in [2.75, 3.05) is 13.2 Å². The van der Waals surface area contributed by atoms with Crippen LogP contribution in [-0.4, -0.2) is 52.2 Å². The molecule has 40 heavy (non-hydrogen) atoms. The van der Waals surface area contributed by atoms with Gasteiger partial charge in [-0.15, -0.1) is 0 Å². The number of carboxylic acid groups (broad SMARTS) is 1. The van der Waals surface area contributed by atoms with Crippen LogP contribution in [0.1, 0.15) is 98.5 Å². The fourth-order valence-corrected chi connectivity index (χ4v) is 5.20. The zero-order chi connectivity index (χ0) is 28.6. The van der Waals surface area contributed by atoms with E-state index >= 15 is 0 Å². The number of carbonyl (C=O) groups excluding carboxylic acids is 2. The van der Waals surface area contributed by atoms with Crippen LogP contribution in [0.2, 0.25) is 0 Å². The van der Waals surface area contributed by atoms with Crippen molar-refractivity contribution in [3.63, 3.8) is 0 Å². The van der Waals surface area contributed by atoms with Gasteiger partial charge in [-0.3, -0.25) is 19.4 Å². The van der Waals surface area contributed by atoms with E-state index in [9.17, 15) is 19.5 Å². The van der Waals surface area contributed by atoms with Crippen LogP contribution in [0.15, 0.2) is 54.9 Å². The quantitative estimate of drug-likeness (QED) is 0.215. The molecule has 1 aliphatic rings. The SMILES string of the molecule is O=C(O)CCCCC=C(c1ccc(C(=O)N[C@@H](CO)C(=O)NCCCCC2CCCCC2)cc1)c1cccnc1. The average Bonchev–Trinajstić information content (AvgIpc) is 2.98. The van der Waals surface area contributed by atoms with Crippen molar-refractivity contribution in [1.29, 1.82) is 0 Å². The second-order valence-corrected chi connectivity index (χ2v) is 10.6. The maximum Gasteiger partial charge on any atom is 0.303 e. The maximum atomic E-state index is 12.8. The van der Waals surface area contributed by atoms with Crippen molar-refractivity contribution < 1.29 is 24.6 Å². The molecule has 3 rings (SSSR count). The lowest BCUT2D eigenvalue weighted by atomic mass is 9.86. The molecule has 216 valence electrons.